The monoisotopic (exact) mass is 282 g/mol. The van der Waals surface area contributed by atoms with Gasteiger partial charge in [0.15, 0.2) is 0 Å². The number of nitrogens with zero attached hydrogens (tertiary/aromatic N) is 1. The number of rotatable bonds is 6. The van der Waals surface area contributed by atoms with Crippen molar-refractivity contribution in [2.45, 2.75) is 19.4 Å². The van der Waals surface area contributed by atoms with E-state index in [0.717, 1.165) is 18.4 Å². The summed E-state index contributed by atoms with van der Waals surface area (Å²) >= 11 is 0. The fourth-order valence-corrected chi connectivity index (χ4v) is 3.34. The summed E-state index contributed by atoms with van der Waals surface area (Å²) < 4.78 is 0. The Morgan fingerprint density at radius 3 is 2.62 bits per heavy atom. The van der Waals surface area contributed by atoms with Crippen molar-refractivity contribution >= 4 is 10.8 Å². The van der Waals surface area contributed by atoms with E-state index in [1.54, 1.807) is 0 Å². The smallest absolute Gasteiger partial charge is 0.0452 e. The van der Waals surface area contributed by atoms with Crippen LogP contribution in [0.5, 0.6) is 0 Å². The van der Waals surface area contributed by atoms with Gasteiger partial charge in [-0.1, -0.05) is 49.4 Å². The molecule has 1 N–H and O–H groups in total. The van der Waals surface area contributed by atoms with Crippen LogP contribution >= 0.6 is 0 Å². The summed E-state index contributed by atoms with van der Waals surface area (Å²) in [7, 11) is 4.32. The molecule has 1 saturated carbocycles. The van der Waals surface area contributed by atoms with E-state index in [4.69, 9.17) is 0 Å². The molecule has 1 aliphatic rings. The van der Waals surface area contributed by atoms with Crippen molar-refractivity contribution in [3.05, 3.63) is 48.0 Å². The number of nitrogens with one attached hydrogen (secondary N) is 1. The van der Waals surface area contributed by atoms with Crippen molar-refractivity contribution < 1.29 is 0 Å². The number of likely N-dealkylation sites (N-methyl/N-ethyl adjacent to an activating group) is 2. The number of fused-ring (bicyclic) bond motifs is 1. The Balaban J connectivity index is 1.78. The Morgan fingerprint density at radius 1 is 1.19 bits per heavy atom. The van der Waals surface area contributed by atoms with Crippen molar-refractivity contribution in [3.63, 3.8) is 0 Å². The molecule has 2 aromatic rings. The predicted octanol–water partition coefficient (Wildman–Crippen LogP) is 3.69. The van der Waals surface area contributed by atoms with E-state index in [-0.39, 0.29) is 0 Å². The molecule has 2 heteroatoms. The van der Waals surface area contributed by atoms with E-state index in [0.29, 0.717) is 6.04 Å². The summed E-state index contributed by atoms with van der Waals surface area (Å²) in [6.45, 7) is 4.65. The number of hydrogen-bond acceptors (Lipinski definition) is 2. The van der Waals surface area contributed by atoms with Crippen LogP contribution in [0.2, 0.25) is 0 Å². The highest BCUT2D eigenvalue weighted by Crippen LogP contribution is 2.38. The molecule has 2 nitrogen and oxygen atoms in total. The van der Waals surface area contributed by atoms with Gasteiger partial charge < -0.3 is 10.2 Å². The van der Waals surface area contributed by atoms with Gasteiger partial charge in [0.05, 0.1) is 0 Å². The van der Waals surface area contributed by atoms with E-state index in [1.165, 1.54) is 29.3 Å². The van der Waals surface area contributed by atoms with E-state index in [9.17, 15) is 0 Å². The lowest BCUT2D eigenvalue weighted by atomic mass is 9.98. The third-order valence-electron chi connectivity index (χ3n) is 4.86. The van der Waals surface area contributed by atoms with Gasteiger partial charge in [-0.15, -0.1) is 0 Å². The molecule has 2 aromatic carbocycles. The molecule has 0 heterocycles. The topological polar surface area (TPSA) is 15.3 Å². The summed E-state index contributed by atoms with van der Waals surface area (Å²) in [5.74, 6) is 1.85. The maximum Gasteiger partial charge on any atom is 0.0452 e. The standard InChI is InChI=1S/C19H26N2/c1-14-11-16(14)12-21(3)13-19(20-2)18-10-6-8-15-7-4-5-9-17(15)18/h4-10,14,16,19-20H,11-13H2,1-3H3. The molecule has 1 aliphatic carbocycles. The lowest BCUT2D eigenvalue weighted by Crippen LogP contribution is -2.32. The second-order valence-electron chi connectivity index (χ2n) is 6.60. The summed E-state index contributed by atoms with van der Waals surface area (Å²) in [6, 6.07) is 15.7. The fraction of sp³-hybridized carbons (Fsp3) is 0.474. The Morgan fingerprint density at radius 2 is 1.90 bits per heavy atom. The second-order valence-corrected chi connectivity index (χ2v) is 6.60. The average Bonchev–Trinajstić information content (AvgIpc) is 3.19. The Kier molecular flexibility index (Phi) is 4.27. The van der Waals surface area contributed by atoms with Gasteiger partial charge in [0, 0.05) is 19.1 Å². The van der Waals surface area contributed by atoms with E-state index < -0.39 is 0 Å². The van der Waals surface area contributed by atoms with Crippen LogP contribution in [0, 0.1) is 11.8 Å². The molecule has 0 bridgehead atoms. The van der Waals surface area contributed by atoms with Crippen LogP contribution in [0.4, 0.5) is 0 Å². The van der Waals surface area contributed by atoms with Crippen LogP contribution in [0.3, 0.4) is 0 Å². The zero-order valence-electron chi connectivity index (χ0n) is 13.3. The molecule has 3 atom stereocenters. The van der Waals surface area contributed by atoms with Crippen LogP contribution < -0.4 is 5.32 Å². The van der Waals surface area contributed by atoms with Gasteiger partial charge >= 0.3 is 0 Å². The minimum atomic E-state index is 0.384. The summed E-state index contributed by atoms with van der Waals surface area (Å²) in [5, 5.41) is 6.20. The molecule has 1 fully saturated rings. The zero-order chi connectivity index (χ0) is 14.8. The molecule has 0 aromatic heterocycles. The van der Waals surface area contributed by atoms with Crippen LogP contribution in [0.25, 0.3) is 10.8 Å². The third-order valence-corrected chi connectivity index (χ3v) is 4.86. The SMILES string of the molecule is CNC(CN(C)CC1CC1C)c1cccc2ccccc12. The Labute approximate surface area is 128 Å². The molecule has 112 valence electrons. The van der Waals surface area contributed by atoms with Crippen LogP contribution in [-0.4, -0.2) is 32.1 Å². The quantitative estimate of drug-likeness (QED) is 0.869. The highest BCUT2D eigenvalue weighted by atomic mass is 15.1. The Bertz CT molecular complexity index is 602. The lowest BCUT2D eigenvalue weighted by molar-refractivity contribution is 0.282. The van der Waals surface area contributed by atoms with E-state index in [2.05, 4.69) is 73.7 Å². The van der Waals surface area contributed by atoms with E-state index >= 15 is 0 Å². The normalized spacial score (nSPS) is 22.7. The molecule has 0 spiro atoms. The summed E-state index contributed by atoms with van der Waals surface area (Å²) in [6.07, 6.45) is 1.41. The van der Waals surface area contributed by atoms with Gasteiger partial charge in [0.25, 0.3) is 0 Å². The molecule has 21 heavy (non-hydrogen) atoms. The van der Waals surface area contributed by atoms with Gasteiger partial charge in [0.1, 0.15) is 0 Å². The van der Waals surface area contributed by atoms with Gasteiger partial charge in [-0.05, 0) is 48.7 Å². The third kappa shape index (κ3) is 3.28. The first kappa shape index (κ1) is 14.6. The minimum Gasteiger partial charge on any atom is -0.312 e. The number of hydrogen-bond donors (Lipinski definition) is 1. The maximum atomic E-state index is 3.50. The van der Waals surface area contributed by atoms with Gasteiger partial charge in [-0.2, -0.15) is 0 Å². The van der Waals surface area contributed by atoms with Crippen LogP contribution in [0.1, 0.15) is 24.9 Å². The van der Waals surface area contributed by atoms with Gasteiger partial charge in [-0.25, -0.2) is 0 Å². The van der Waals surface area contributed by atoms with Gasteiger partial charge in [-0.3, -0.25) is 0 Å². The highest BCUT2D eigenvalue weighted by Gasteiger charge is 2.33. The van der Waals surface area contributed by atoms with Crippen molar-refractivity contribution in [1.82, 2.24) is 10.2 Å². The predicted molar refractivity (Wildman–Crippen MR) is 90.5 cm³/mol. The molecular weight excluding hydrogens is 256 g/mol. The molecule has 3 rings (SSSR count). The molecule has 0 amide bonds. The van der Waals surface area contributed by atoms with Gasteiger partial charge in [0.2, 0.25) is 0 Å². The first-order valence-electron chi connectivity index (χ1n) is 8.02. The number of benzene rings is 2. The summed E-state index contributed by atoms with van der Waals surface area (Å²) in [4.78, 5) is 2.48. The fourth-order valence-electron chi connectivity index (χ4n) is 3.34. The summed E-state index contributed by atoms with van der Waals surface area (Å²) in [5.41, 5.74) is 1.41. The largest absolute Gasteiger partial charge is 0.312 e. The molecule has 3 unspecified atom stereocenters. The highest BCUT2D eigenvalue weighted by molar-refractivity contribution is 5.86. The first-order valence-corrected chi connectivity index (χ1v) is 8.02. The average molecular weight is 282 g/mol. The van der Waals surface area contributed by atoms with Crippen molar-refractivity contribution in [3.8, 4) is 0 Å². The van der Waals surface area contributed by atoms with E-state index in [1.807, 2.05) is 0 Å². The lowest BCUT2D eigenvalue weighted by Gasteiger charge is -2.25. The van der Waals surface area contributed by atoms with Crippen LogP contribution in [0.15, 0.2) is 42.5 Å². The van der Waals surface area contributed by atoms with Crippen molar-refractivity contribution in [2.24, 2.45) is 11.8 Å². The first-order chi connectivity index (χ1) is 10.2. The molecule has 0 saturated heterocycles. The van der Waals surface area contributed by atoms with Crippen molar-refractivity contribution in [1.29, 1.82) is 0 Å². The Hall–Kier alpha value is -1.38. The second kappa shape index (κ2) is 6.17. The molecule has 0 aliphatic heterocycles. The van der Waals surface area contributed by atoms with Crippen LogP contribution in [-0.2, 0) is 0 Å². The molecular formula is C19H26N2. The zero-order valence-corrected chi connectivity index (χ0v) is 13.3. The minimum absolute atomic E-state index is 0.384. The van der Waals surface area contributed by atoms with Crippen molar-refractivity contribution in [2.75, 3.05) is 27.2 Å². The maximum absolute atomic E-state index is 3.50. The molecule has 0 radical (unpaired) electrons.